The fraction of sp³-hybridized carbons (Fsp3) is 0.647. The Labute approximate surface area is 151 Å². The number of nitrogens with one attached hydrogen (secondary N) is 1. The van der Waals surface area contributed by atoms with Crippen molar-refractivity contribution in [3.8, 4) is 0 Å². The maximum absolute atomic E-state index is 12.2. The maximum Gasteiger partial charge on any atom is 0.407 e. The minimum atomic E-state index is -0.879. The van der Waals surface area contributed by atoms with Crippen LogP contribution in [0, 0.1) is 5.92 Å². The molecule has 1 aromatic rings. The van der Waals surface area contributed by atoms with Crippen molar-refractivity contribution in [2.24, 2.45) is 5.92 Å². The van der Waals surface area contributed by atoms with Gasteiger partial charge in [0.05, 0.1) is 12.1 Å². The number of aromatic nitrogens is 2. The van der Waals surface area contributed by atoms with E-state index in [-0.39, 0.29) is 24.2 Å². The topological polar surface area (TPSA) is 137 Å². The van der Waals surface area contributed by atoms with Gasteiger partial charge < -0.3 is 20.9 Å². The highest BCUT2D eigenvalue weighted by molar-refractivity contribution is 5.68. The smallest absolute Gasteiger partial charge is 0.407 e. The van der Waals surface area contributed by atoms with Crippen LogP contribution in [0.5, 0.6) is 0 Å². The highest BCUT2D eigenvalue weighted by Gasteiger charge is 2.35. The third-order valence-electron chi connectivity index (χ3n) is 4.30. The van der Waals surface area contributed by atoms with Crippen molar-refractivity contribution < 1.29 is 19.4 Å². The van der Waals surface area contributed by atoms with E-state index in [9.17, 15) is 14.4 Å². The first-order valence-electron chi connectivity index (χ1n) is 8.61. The van der Waals surface area contributed by atoms with Crippen LogP contribution in [0.1, 0.15) is 52.5 Å². The number of hydrogen-bond donors (Lipinski definition) is 3. The van der Waals surface area contributed by atoms with Gasteiger partial charge in [-0.2, -0.15) is 4.98 Å². The summed E-state index contributed by atoms with van der Waals surface area (Å²) in [5, 5.41) is 11.8. The number of anilines is 1. The predicted octanol–water partition coefficient (Wildman–Crippen LogP) is 1.53. The highest BCUT2D eigenvalue weighted by atomic mass is 16.6. The number of nitrogens with two attached hydrogens (primary N) is 1. The molecular weight excluding hydrogens is 340 g/mol. The molecule has 1 aromatic heterocycles. The molecule has 0 unspecified atom stereocenters. The van der Waals surface area contributed by atoms with Crippen LogP contribution in [0.2, 0.25) is 0 Å². The number of nitrogen functional groups attached to an aromatic ring is 1. The van der Waals surface area contributed by atoms with Gasteiger partial charge in [0, 0.05) is 12.6 Å². The van der Waals surface area contributed by atoms with Crippen LogP contribution in [0.25, 0.3) is 0 Å². The number of ether oxygens (including phenoxy) is 1. The zero-order valence-corrected chi connectivity index (χ0v) is 15.3. The number of carboxylic acids is 1. The maximum atomic E-state index is 12.2. The van der Waals surface area contributed by atoms with E-state index in [1.165, 1.54) is 10.6 Å². The third kappa shape index (κ3) is 5.47. The summed E-state index contributed by atoms with van der Waals surface area (Å²) in [6, 6.07) is 0.745. The van der Waals surface area contributed by atoms with Crippen LogP contribution in [-0.2, 0) is 9.53 Å². The van der Waals surface area contributed by atoms with Crippen LogP contribution < -0.4 is 16.7 Å². The van der Waals surface area contributed by atoms with Crippen LogP contribution >= 0.6 is 0 Å². The molecule has 144 valence electrons. The number of aliphatic carboxylic acids is 1. The number of carbonyl (C=O) groups excluding carboxylic acids is 1. The van der Waals surface area contributed by atoms with Gasteiger partial charge in [-0.1, -0.05) is 0 Å². The molecule has 9 nitrogen and oxygen atoms in total. The quantitative estimate of drug-likeness (QED) is 0.735. The second-order valence-corrected chi connectivity index (χ2v) is 7.64. The Bertz CT molecular complexity index is 725. The molecule has 1 heterocycles. The molecule has 1 aliphatic rings. The zero-order valence-electron chi connectivity index (χ0n) is 15.3. The molecule has 0 aromatic carbocycles. The number of carbonyl (C=O) groups is 2. The second kappa shape index (κ2) is 7.76. The van der Waals surface area contributed by atoms with Crippen molar-refractivity contribution in [3.05, 3.63) is 22.7 Å². The SMILES string of the molecule is CC(C)(C)OC(=O)N[C@@H]1C[C@H](CC(=O)O)CC[C@H]1n1ccc(N)nc1=O. The van der Waals surface area contributed by atoms with E-state index >= 15 is 0 Å². The van der Waals surface area contributed by atoms with Crippen LogP contribution in [0.15, 0.2) is 17.1 Å². The second-order valence-electron chi connectivity index (χ2n) is 7.64. The van der Waals surface area contributed by atoms with E-state index in [1.54, 1.807) is 27.0 Å². The lowest BCUT2D eigenvalue weighted by Gasteiger charge is -2.37. The van der Waals surface area contributed by atoms with Gasteiger partial charge in [-0.05, 0) is 52.0 Å². The minimum absolute atomic E-state index is 0.0219. The van der Waals surface area contributed by atoms with Crippen LogP contribution in [-0.4, -0.2) is 38.4 Å². The van der Waals surface area contributed by atoms with Crippen LogP contribution in [0.4, 0.5) is 10.6 Å². The van der Waals surface area contributed by atoms with E-state index in [4.69, 9.17) is 15.6 Å². The average molecular weight is 366 g/mol. The number of carboxylic acid groups (broad SMARTS) is 1. The van der Waals surface area contributed by atoms with Crippen molar-refractivity contribution in [2.45, 2.75) is 64.1 Å². The van der Waals surface area contributed by atoms with Gasteiger partial charge in [0.2, 0.25) is 0 Å². The van der Waals surface area contributed by atoms with Crippen molar-refractivity contribution in [3.63, 3.8) is 0 Å². The Morgan fingerprint density at radius 2 is 2.12 bits per heavy atom. The molecule has 1 saturated carbocycles. The van der Waals surface area contributed by atoms with Gasteiger partial charge in [-0.15, -0.1) is 0 Å². The summed E-state index contributed by atoms with van der Waals surface area (Å²) < 4.78 is 6.74. The number of alkyl carbamates (subject to hydrolysis) is 1. The number of rotatable bonds is 4. The molecule has 1 aliphatic carbocycles. The predicted molar refractivity (Wildman–Crippen MR) is 94.7 cm³/mol. The molecule has 2 rings (SSSR count). The van der Waals surface area contributed by atoms with E-state index in [0.717, 1.165) is 0 Å². The largest absolute Gasteiger partial charge is 0.481 e. The van der Waals surface area contributed by atoms with Gasteiger partial charge in [0.15, 0.2) is 0 Å². The molecule has 9 heteroatoms. The van der Waals surface area contributed by atoms with E-state index < -0.39 is 29.4 Å². The van der Waals surface area contributed by atoms with E-state index in [2.05, 4.69) is 10.3 Å². The van der Waals surface area contributed by atoms with Gasteiger partial charge in [0.25, 0.3) is 0 Å². The van der Waals surface area contributed by atoms with Gasteiger partial charge in [-0.25, -0.2) is 9.59 Å². The summed E-state index contributed by atoms with van der Waals surface area (Å²) in [4.78, 5) is 39.2. The average Bonchev–Trinajstić information content (AvgIpc) is 2.45. The summed E-state index contributed by atoms with van der Waals surface area (Å²) in [6.07, 6.45) is 2.60. The number of hydrogen-bond acceptors (Lipinski definition) is 6. The summed E-state index contributed by atoms with van der Waals surface area (Å²) in [5.41, 5.74) is 4.38. The fourth-order valence-corrected chi connectivity index (χ4v) is 3.30. The molecule has 0 spiro atoms. The van der Waals surface area contributed by atoms with Crippen molar-refractivity contribution in [2.75, 3.05) is 5.73 Å². The Morgan fingerprint density at radius 3 is 2.69 bits per heavy atom. The standard InChI is InChI=1S/C17H26N4O5/c1-17(2,3)26-16(25)19-11-8-10(9-14(22)23)4-5-12(11)21-7-6-13(18)20-15(21)24/h6-7,10-12H,4-5,8-9H2,1-3H3,(H,19,25)(H,22,23)(H2,18,20,24)/t10-,11-,12-/m1/s1. The number of nitrogens with zero attached hydrogens (tertiary/aromatic N) is 2. The summed E-state index contributed by atoms with van der Waals surface area (Å²) in [6.45, 7) is 5.27. The molecular formula is C17H26N4O5. The molecule has 0 radical (unpaired) electrons. The Morgan fingerprint density at radius 1 is 1.42 bits per heavy atom. The van der Waals surface area contributed by atoms with Crippen molar-refractivity contribution in [1.29, 1.82) is 0 Å². The monoisotopic (exact) mass is 366 g/mol. The van der Waals surface area contributed by atoms with Crippen molar-refractivity contribution >= 4 is 17.9 Å². The Kier molecular flexibility index (Phi) is 5.89. The molecule has 1 fully saturated rings. The summed E-state index contributed by atoms with van der Waals surface area (Å²) >= 11 is 0. The number of amides is 1. The molecule has 3 atom stereocenters. The molecule has 0 aliphatic heterocycles. The zero-order chi connectivity index (χ0) is 19.5. The molecule has 26 heavy (non-hydrogen) atoms. The Balaban J connectivity index is 2.22. The first-order chi connectivity index (χ1) is 12.0. The summed E-state index contributed by atoms with van der Waals surface area (Å²) in [7, 11) is 0. The van der Waals surface area contributed by atoms with Gasteiger partial charge in [0.1, 0.15) is 11.4 Å². The molecule has 0 saturated heterocycles. The van der Waals surface area contributed by atoms with Gasteiger partial charge in [-0.3, -0.25) is 9.36 Å². The normalized spacial score (nSPS) is 23.3. The lowest BCUT2D eigenvalue weighted by atomic mass is 9.80. The first kappa shape index (κ1) is 19.7. The highest BCUT2D eigenvalue weighted by Crippen LogP contribution is 2.34. The summed E-state index contributed by atoms with van der Waals surface area (Å²) in [5.74, 6) is -0.834. The molecule has 1 amide bonds. The van der Waals surface area contributed by atoms with Crippen LogP contribution in [0.3, 0.4) is 0 Å². The minimum Gasteiger partial charge on any atom is -0.481 e. The van der Waals surface area contributed by atoms with Crippen molar-refractivity contribution in [1.82, 2.24) is 14.9 Å². The Hall–Kier alpha value is -2.58. The lowest BCUT2D eigenvalue weighted by molar-refractivity contribution is -0.138. The van der Waals surface area contributed by atoms with E-state index in [0.29, 0.717) is 19.3 Å². The molecule has 0 bridgehead atoms. The van der Waals surface area contributed by atoms with Gasteiger partial charge >= 0.3 is 17.8 Å². The fourth-order valence-electron chi connectivity index (χ4n) is 3.30. The third-order valence-corrected chi connectivity index (χ3v) is 4.30. The first-order valence-corrected chi connectivity index (χ1v) is 8.61. The lowest BCUT2D eigenvalue weighted by Crippen LogP contribution is -2.48. The molecule has 4 N–H and O–H groups in total. The van der Waals surface area contributed by atoms with E-state index in [1.807, 2.05) is 0 Å².